The van der Waals surface area contributed by atoms with Gasteiger partial charge in [0.2, 0.25) is 0 Å². The van der Waals surface area contributed by atoms with Crippen molar-refractivity contribution in [1.29, 1.82) is 0 Å². The van der Waals surface area contributed by atoms with Gasteiger partial charge in [0.25, 0.3) is 0 Å². The molecule has 2 heterocycles. The molecule has 4 heteroatoms. The third-order valence-corrected chi connectivity index (χ3v) is 3.02. The fourth-order valence-corrected chi connectivity index (χ4v) is 2.10. The molecule has 2 aromatic heterocycles. The molecule has 0 radical (unpaired) electrons. The van der Waals surface area contributed by atoms with Crippen LogP contribution in [0.25, 0.3) is 22.2 Å². The second-order valence-electron chi connectivity index (χ2n) is 4.17. The first kappa shape index (κ1) is 11.5. The number of benzene rings is 1. The predicted molar refractivity (Wildman–Crippen MR) is 75.9 cm³/mol. The number of nitrogens with two attached hydrogens (primary N) is 1. The Morgan fingerprint density at radius 1 is 1.05 bits per heavy atom. The molecule has 3 rings (SSSR count). The first-order valence-corrected chi connectivity index (χ1v) is 5.94. The van der Waals surface area contributed by atoms with E-state index in [9.17, 15) is 0 Å². The van der Waals surface area contributed by atoms with Gasteiger partial charge in [-0.3, -0.25) is 0 Å². The van der Waals surface area contributed by atoms with Crippen LogP contribution in [0.2, 0.25) is 0 Å². The first-order chi connectivity index (χ1) is 9.29. The molecule has 0 atom stereocenters. The van der Waals surface area contributed by atoms with Crippen molar-refractivity contribution in [3.63, 3.8) is 0 Å². The van der Waals surface area contributed by atoms with Crippen LogP contribution in [0.4, 0.5) is 5.82 Å². The van der Waals surface area contributed by atoms with Crippen molar-refractivity contribution in [2.45, 2.75) is 0 Å². The molecule has 0 saturated carbocycles. The Morgan fingerprint density at radius 3 is 2.74 bits per heavy atom. The summed E-state index contributed by atoms with van der Waals surface area (Å²) < 4.78 is 5.37. The second-order valence-corrected chi connectivity index (χ2v) is 4.17. The van der Waals surface area contributed by atoms with E-state index >= 15 is 0 Å². The molecule has 0 aliphatic rings. The number of aromatic nitrogens is 2. The van der Waals surface area contributed by atoms with Gasteiger partial charge < -0.3 is 10.5 Å². The summed E-state index contributed by atoms with van der Waals surface area (Å²) in [5.41, 5.74) is 8.48. The molecule has 0 amide bonds. The number of anilines is 1. The Labute approximate surface area is 110 Å². The van der Waals surface area contributed by atoms with E-state index in [-0.39, 0.29) is 0 Å². The highest BCUT2D eigenvalue weighted by Gasteiger charge is 2.10. The van der Waals surface area contributed by atoms with Crippen LogP contribution in [0.5, 0.6) is 5.75 Å². The van der Waals surface area contributed by atoms with Gasteiger partial charge in [0, 0.05) is 22.7 Å². The normalized spacial score (nSPS) is 10.6. The molecule has 0 aliphatic carbocycles. The monoisotopic (exact) mass is 251 g/mol. The summed E-state index contributed by atoms with van der Waals surface area (Å²) in [7, 11) is 1.64. The summed E-state index contributed by atoms with van der Waals surface area (Å²) in [6, 6.07) is 13.6. The van der Waals surface area contributed by atoms with Crippen LogP contribution in [0.15, 0.2) is 48.7 Å². The van der Waals surface area contributed by atoms with E-state index in [4.69, 9.17) is 10.5 Å². The first-order valence-electron chi connectivity index (χ1n) is 5.94. The highest BCUT2D eigenvalue weighted by atomic mass is 16.5. The van der Waals surface area contributed by atoms with Crippen molar-refractivity contribution in [3.05, 3.63) is 48.7 Å². The third-order valence-electron chi connectivity index (χ3n) is 3.02. The van der Waals surface area contributed by atoms with Gasteiger partial charge in [-0.05, 0) is 24.3 Å². The summed E-state index contributed by atoms with van der Waals surface area (Å²) in [6.45, 7) is 0. The van der Waals surface area contributed by atoms with E-state index in [0.717, 1.165) is 22.3 Å². The lowest BCUT2D eigenvalue weighted by Crippen LogP contribution is -1.97. The van der Waals surface area contributed by atoms with Crippen LogP contribution >= 0.6 is 0 Å². The molecule has 0 unspecified atom stereocenters. The zero-order valence-corrected chi connectivity index (χ0v) is 10.5. The minimum Gasteiger partial charge on any atom is -0.496 e. The zero-order chi connectivity index (χ0) is 13.2. The molecule has 0 spiro atoms. The Hall–Kier alpha value is -2.62. The topological polar surface area (TPSA) is 61.0 Å². The van der Waals surface area contributed by atoms with Gasteiger partial charge >= 0.3 is 0 Å². The largest absolute Gasteiger partial charge is 0.496 e. The Balaban J connectivity index is 2.27. The van der Waals surface area contributed by atoms with E-state index in [1.807, 2.05) is 42.5 Å². The van der Waals surface area contributed by atoms with Crippen molar-refractivity contribution in [3.8, 4) is 16.9 Å². The van der Waals surface area contributed by atoms with Gasteiger partial charge in [-0.2, -0.15) is 0 Å². The van der Waals surface area contributed by atoms with Crippen molar-refractivity contribution in [2.24, 2.45) is 0 Å². The number of hydrogen-bond donors (Lipinski definition) is 1. The molecule has 2 N–H and O–H groups in total. The highest BCUT2D eigenvalue weighted by molar-refractivity contribution is 5.88. The van der Waals surface area contributed by atoms with Crippen LogP contribution in [0.1, 0.15) is 0 Å². The summed E-state index contributed by atoms with van der Waals surface area (Å²) in [6.07, 6.45) is 1.71. The molecule has 1 aromatic carbocycles. The van der Waals surface area contributed by atoms with E-state index in [0.29, 0.717) is 11.5 Å². The summed E-state index contributed by atoms with van der Waals surface area (Å²) >= 11 is 0. The van der Waals surface area contributed by atoms with Crippen molar-refractivity contribution in [1.82, 2.24) is 9.97 Å². The van der Waals surface area contributed by atoms with Crippen LogP contribution in [0, 0.1) is 0 Å². The molecule has 4 nitrogen and oxygen atoms in total. The number of methoxy groups -OCH3 is 1. The minimum atomic E-state index is 0.454. The minimum absolute atomic E-state index is 0.454. The number of nitrogens with zero attached hydrogens (tertiary/aromatic N) is 2. The number of pyridine rings is 2. The van der Waals surface area contributed by atoms with Crippen molar-refractivity contribution in [2.75, 3.05) is 12.8 Å². The van der Waals surface area contributed by atoms with Gasteiger partial charge in [-0.1, -0.05) is 18.2 Å². The number of hydrogen-bond acceptors (Lipinski definition) is 4. The fourth-order valence-electron chi connectivity index (χ4n) is 2.10. The molecular formula is C15H13N3O. The van der Waals surface area contributed by atoms with E-state index in [2.05, 4.69) is 9.97 Å². The fraction of sp³-hybridized carbons (Fsp3) is 0.0667. The van der Waals surface area contributed by atoms with Crippen LogP contribution < -0.4 is 10.5 Å². The molecule has 0 bridgehead atoms. The average molecular weight is 251 g/mol. The standard InChI is InChI=1S/C15H13N3O/c1-19-13-7-3-2-6-11(13)12-9-10-5-4-8-17-15(10)18-14(12)16/h2-9H,1H3,(H2,16,17,18). The molecule has 3 aromatic rings. The van der Waals surface area contributed by atoms with Gasteiger partial charge in [0.1, 0.15) is 11.6 Å². The smallest absolute Gasteiger partial charge is 0.161 e. The molecule has 0 aliphatic heterocycles. The maximum absolute atomic E-state index is 6.04. The molecule has 94 valence electrons. The summed E-state index contributed by atoms with van der Waals surface area (Å²) in [5.74, 6) is 1.23. The van der Waals surface area contributed by atoms with Crippen LogP contribution in [-0.4, -0.2) is 17.1 Å². The number of nitrogen functional groups attached to an aromatic ring is 1. The van der Waals surface area contributed by atoms with E-state index in [1.54, 1.807) is 13.3 Å². The third kappa shape index (κ3) is 1.97. The Bertz CT molecular complexity index is 740. The average Bonchev–Trinajstić information content (AvgIpc) is 2.46. The van der Waals surface area contributed by atoms with Crippen LogP contribution in [0.3, 0.4) is 0 Å². The molecule has 0 fully saturated rings. The van der Waals surface area contributed by atoms with Gasteiger partial charge in [-0.25, -0.2) is 9.97 Å². The summed E-state index contributed by atoms with van der Waals surface area (Å²) in [5, 5.41) is 0.956. The molecule has 0 saturated heterocycles. The quantitative estimate of drug-likeness (QED) is 0.760. The molecular weight excluding hydrogens is 238 g/mol. The summed E-state index contributed by atoms with van der Waals surface area (Å²) in [4.78, 5) is 8.54. The number of rotatable bonds is 2. The number of ether oxygens (including phenoxy) is 1. The van der Waals surface area contributed by atoms with Crippen LogP contribution in [-0.2, 0) is 0 Å². The Morgan fingerprint density at radius 2 is 1.89 bits per heavy atom. The SMILES string of the molecule is COc1ccccc1-c1cc2cccnc2nc1N. The van der Waals surface area contributed by atoms with Gasteiger partial charge in [0.15, 0.2) is 5.65 Å². The maximum atomic E-state index is 6.04. The second kappa shape index (κ2) is 4.57. The van der Waals surface area contributed by atoms with Gasteiger partial charge in [0.05, 0.1) is 7.11 Å². The highest BCUT2D eigenvalue weighted by Crippen LogP contribution is 2.34. The lowest BCUT2D eigenvalue weighted by molar-refractivity contribution is 0.416. The van der Waals surface area contributed by atoms with E-state index < -0.39 is 0 Å². The van der Waals surface area contributed by atoms with Crippen molar-refractivity contribution >= 4 is 16.9 Å². The lowest BCUT2D eigenvalue weighted by Gasteiger charge is -2.10. The number of para-hydroxylation sites is 1. The van der Waals surface area contributed by atoms with Gasteiger partial charge in [-0.15, -0.1) is 0 Å². The number of fused-ring (bicyclic) bond motifs is 1. The van der Waals surface area contributed by atoms with E-state index in [1.165, 1.54) is 0 Å². The zero-order valence-electron chi connectivity index (χ0n) is 10.5. The molecule has 19 heavy (non-hydrogen) atoms. The predicted octanol–water partition coefficient (Wildman–Crippen LogP) is 2.89. The maximum Gasteiger partial charge on any atom is 0.161 e. The Kier molecular flexibility index (Phi) is 2.76. The van der Waals surface area contributed by atoms with Crippen molar-refractivity contribution < 1.29 is 4.74 Å². The lowest BCUT2D eigenvalue weighted by atomic mass is 10.0.